The number of fused-ring (bicyclic) bond motifs is 1. The second kappa shape index (κ2) is 4.96. The number of benzene rings is 2. The van der Waals surface area contributed by atoms with Crippen molar-refractivity contribution in [3.8, 4) is 5.75 Å². The minimum Gasteiger partial charge on any atom is -0.494 e. The van der Waals surface area contributed by atoms with Crippen LogP contribution in [-0.2, 0) is 0 Å². The largest absolute Gasteiger partial charge is 0.494 e. The molecule has 0 radical (unpaired) electrons. The van der Waals surface area contributed by atoms with Gasteiger partial charge in [0, 0.05) is 17.8 Å². The number of ketones is 1. The molecule has 1 aliphatic heterocycles. The highest BCUT2D eigenvalue weighted by Crippen LogP contribution is 2.33. The van der Waals surface area contributed by atoms with Crippen molar-refractivity contribution in [3.63, 3.8) is 0 Å². The van der Waals surface area contributed by atoms with Crippen LogP contribution in [0.15, 0.2) is 42.5 Å². The SMILES string of the molecule is COc1ccc(C(=O)C2CNc3ccccc32)cc1F. The average Bonchev–Trinajstić information content (AvgIpc) is 2.90. The average molecular weight is 271 g/mol. The molecule has 2 aromatic carbocycles. The summed E-state index contributed by atoms with van der Waals surface area (Å²) >= 11 is 0. The minimum atomic E-state index is -0.516. The summed E-state index contributed by atoms with van der Waals surface area (Å²) in [6.45, 7) is 0.547. The zero-order chi connectivity index (χ0) is 14.1. The van der Waals surface area contributed by atoms with Gasteiger partial charge in [0.15, 0.2) is 17.3 Å². The molecule has 0 spiro atoms. The number of para-hydroxylation sites is 1. The van der Waals surface area contributed by atoms with Crippen LogP contribution in [0.5, 0.6) is 5.75 Å². The number of nitrogens with one attached hydrogen (secondary N) is 1. The first-order valence-corrected chi connectivity index (χ1v) is 6.41. The number of rotatable bonds is 3. The van der Waals surface area contributed by atoms with Crippen molar-refractivity contribution in [2.24, 2.45) is 0 Å². The third kappa shape index (κ3) is 2.03. The molecule has 1 heterocycles. The summed E-state index contributed by atoms with van der Waals surface area (Å²) in [5.74, 6) is -0.716. The van der Waals surface area contributed by atoms with Crippen LogP contribution in [0.2, 0.25) is 0 Å². The molecule has 1 unspecified atom stereocenters. The summed E-state index contributed by atoms with van der Waals surface area (Å²) in [6, 6.07) is 12.0. The fourth-order valence-corrected chi connectivity index (χ4v) is 2.54. The van der Waals surface area contributed by atoms with Crippen LogP contribution in [-0.4, -0.2) is 19.4 Å². The molecule has 1 N–H and O–H groups in total. The van der Waals surface area contributed by atoms with Gasteiger partial charge in [-0.15, -0.1) is 0 Å². The second-order valence-electron chi connectivity index (χ2n) is 4.73. The van der Waals surface area contributed by atoms with E-state index < -0.39 is 5.82 Å². The maximum Gasteiger partial charge on any atom is 0.172 e. The summed E-state index contributed by atoms with van der Waals surface area (Å²) in [6.07, 6.45) is 0. The molecule has 20 heavy (non-hydrogen) atoms. The minimum absolute atomic E-state index is 0.0796. The number of ether oxygens (including phenoxy) is 1. The normalized spacial score (nSPS) is 16.4. The number of methoxy groups -OCH3 is 1. The molecule has 4 heteroatoms. The molecule has 102 valence electrons. The second-order valence-corrected chi connectivity index (χ2v) is 4.73. The molecular weight excluding hydrogens is 257 g/mol. The zero-order valence-electron chi connectivity index (χ0n) is 11.0. The molecule has 2 aromatic rings. The predicted octanol–water partition coefficient (Wildman–Crippen LogP) is 3.23. The van der Waals surface area contributed by atoms with Gasteiger partial charge >= 0.3 is 0 Å². The highest BCUT2D eigenvalue weighted by atomic mass is 19.1. The van der Waals surface area contributed by atoms with E-state index in [0.29, 0.717) is 12.1 Å². The zero-order valence-corrected chi connectivity index (χ0v) is 11.0. The molecule has 1 atom stereocenters. The van der Waals surface area contributed by atoms with Crippen molar-refractivity contribution in [1.29, 1.82) is 0 Å². The molecule has 0 saturated heterocycles. The van der Waals surface area contributed by atoms with Gasteiger partial charge in [0.05, 0.1) is 13.0 Å². The smallest absolute Gasteiger partial charge is 0.172 e. The van der Waals surface area contributed by atoms with Gasteiger partial charge in [-0.3, -0.25) is 4.79 Å². The van der Waals surface area contributed by atoms with Crippen LogP contribution in [0.4, 0.5) is 10.1 Å². The maximum absolute atomic E-state index is 13.7. The van der Waals surface area contributed by atoms with Crippen molar-refractivity contribution >= 4 is 11.5 Å². The summed E-state index contributed by atoms with van der Waals surface area (Å²) in [5, 5.41) is 3.20. The van der Waals surface area contributed by atoms with Gasteiger partial charge in [-0.25, -0.2) is 4.39 Å². The number of hydrogen-bond acceptors (Lipinski definition) is 3. The van der Waals surface area contributed by atoms with Gasteiger partial charge in [0.1, 0.15) is 0 Å². The molecule has 3 rings (SSSR count). The van der Waals surface area contributed by atoms with E-state index in [9.17, 15) is 9.18 Å². The fourth-order valence-electron chi connectivity index (χ4n) is 2.54. The predicted molar refractivity (Wildman–Crippen MR) is 75.0 cm³/mol. The topological polar surface area (TPSA) is 38.3 Å². The molecule has 0 aliphatic carbocycles. The van der Waals surface area contributed by atoms with Crippen LogP contribution in [0.1, 0.15) is 21.8 Å². The van der Waals surface area contributed by atoms with Gasteiger partial charge in [0.2, 0.25) is 0 Å². The Balaban J connectivity index is 1.93. The monoisotopic (exact) mass is 271 g/mol. The Kier molecular flexibility index (Phi) is 3.14. The van der Waals surface area contributed by atoms with E-state index in [-0.39, 0.29) is 17.5 Å². The number of anilines is 1. The first-order valence-electron chi connectivity index (χ1n) is 6.41. The van der Waals surface area contributed by atoms with Crippen LogP contribution in [0, 0.1) is 5.82 Å². The number of halogens is 1. The van der Waals surface area contributed by atoms with Crippen molar-refractivity contribution in [1.82, 2.24) is 0 Å². The Morgan fingerprint density at radius 3 is 2.85 bits per heavy atom. The lowest BCUT2D eigenvalue weighted by Gasteiger charge is -2.10. The third-order valence-corrected chi connectivity index (χ3v) is 3.59. The summed E-state index contributed by atoms with van der Waals surface area (Å²) in [5.41, 5.74) is 2.31. The molecule has 0 bridgehead atoms. The van der Waals surface area contributed by atoms with E-state index in [0.717, 1.165) is 11.3 Å². The number of hydrogen-bond donors (Lipinski definition) is 1. The lowest BCUT2D eigenvalue weighted by molar-refractivity contribution is 0.0966. The fraction of sp³-hybridized carbons (Fsp3) is 0.188. The van der Waals surface area contributed by atoms with Gasteiger partial charge in [0.25, 0.3) is 0 Å². The lowest BCUT2D eigenvalue weighted by atomic mass is 9.92. The summed E-state index contributed by atoms with van der Waals surface area (Å²) < 4.78 is 18.6. The Morgan fingerprint density at radius 1 is 1.30 bits per heavy atom. The Hall–Kier alpha value is -2.36. The lowest BCUT2D eigenvalue weighted by Crippen LogP contribution is -2.15. The standard InChI is InChI=1S/C16H14FNO2/c1-20-15-7-6-10(8-13(15)17)16(19)12-9-18-14-5-3-2-4-11(12)14/h2-8,12,18H,9H2,1H3. The molecule has 0 saturated carbocycles. The van der Waals surface area contributed by atoms with Crippen LogP contribution in [0.25, 0.3) is 0 Å². The van der Waals surface area contributed by atoms with Crippen LogP contribution >= 0.6 is 0 Å². The van der Waals surface area contributed by atoms with Gasteiger partial charge in [-0.1, -0.05) is 18.2 Å². The number of Topliss-reactive ketones (excluding diaryl/α,β-unsaturated/α-hetero) is 1. The van der Waals surface area contributed by atoms with E-state index in [1.807, 2.05) is 24.3 Å². The highest BCUT2D eigenvalue weighted by molar-refractivity contribution is 6.03. The maximum atomic E-state index is 13.7. The first kappa shape index (κ1) is 12.7. The van der Waals surface area contributed by atoms with Crippen molar-refractivity contribution in [2.45, 2.75) is 5.92 Å². The van der Waals surface area contributed by atoms with Crippen LogP contribution < -0.4 is 10.1 Å². The van der Waals surface area contributed by atoms with E-state index in [2.05, 4.69) is 5.32 Å². The van der Waals surface area contributed by atoms with Gasteiger partial charge in [-0.2, -0.15) is 0 Å². The van der Waals surface area contributed by atoms with Gasteiger partial charge in [-0.05, 0) is 29.8 Å². The number of carbonyl (C=O) groups is 1. The molecule has 0 aromatic heterocycles. The molecule has 0 amide bonds. The summed E-state index contributed by atoms with van der Waals surface area (Å²) in [4.78, 5) is 12.5. The third-order valence-electron chi connectivity index (χ3n) is 3.59. The molecule has 1 aliphatic rings. The summed E-state index contributed by atoms with van der Waals surface area (Å²) in [7, 11) is 1.40. The Bertz CT molecular complexity index is 669. The van der Waals surface area contributed by atoms with Crippen LogP contribution in [0.3, 0.4) is 0 Å². The molecular formula is C16H14FNO2. The van der Waals surface area contributed by atoms with E-state index in [1.54, 1.807) is 6.07 Å². The molecule has 3 nitrogen and oxygen atoms in total. The molecule has 0 fully saturated rings. The quantitative estimate of drug-likeness (QED) is 0.871. The number of carbonyl (C=O) groups excluding carboxylic acids is 1. The Morgan fingerprint density at radius 2 is 2.10 bits per heavy atom. The Labute approximate surface area is 116 Å². The highest BCUT2D eigenvalue weighted by Gasteiger charge is 2.29. The van der Waals surface area contributed by atoms with Crippen molar-refractivity contribution in [2.75, 3.05) is 19.0 Å². The van der Waals surface area contributed by atoms with E-state index in [4.69, 9.17) is 4.74 Å². The van der Waals surface area contributed by atoms with Gasteiger partial charge < -0.3 is 10.1 Å². The van der Waals surface area contributed by atoms with E-state index >= 15 is 0 Å². The van der Waals surface area contributed by atoms with Crippen molar-refractivity contribution in [3.05, 3.63) is 59.4 Å². The first-order chi connectivity index (χ1) is 9.70. The van der Waals surface area contributed by atoms with Crippen molar-refractivity contribution < 1.29 is 13.9 Å². The van der Waals surface area contributed by atoms with E-state index in [1.165, 1.54) is 19.2 Å².